The molecule has 0 bridgehead atoms. The molecule has 1 aliphatic heterocycles. The molecule has 164 valence electrons. The first kappa shape index (κ1) is 40.8. The molecular weight excluding hydrogens is 440 g/mol. The minimum Gasteiger partial charge on any atom is -1.00 e. The maximum Gasteiger partial charge on any atom is 3.00 e. The van der Waals surface area contributed by atoms with Crippen LogP contribution in [0.5, 0.6) is 0 Å². The summed E-state index contributed by atoms with van der Waals surface area (Å²) in [6.45, 7) is 5.21. The summed E-state index contributed by atoms with van der Waals surface area (Å²) in [5.74, 6) is -1.45. The van der Waals surface area contributed by atoms with Crippen molar-refractivity contribution in [3.05, 3.63) is 0 Å². The van der Waals surface area contributed by atoms with Crippen LogP contribution in [-0.2, 0) is 21.6 Å². The fourth-order valence-corrected chi connectivity index (χ4v) is 2.15. The zero-order chi connectivity index (χ0) is 16.3. The summed E-state index contributed by atoms with van der Waals surface area (Å²) in [6, 6.07) is 0. The van der Waals surface area contributed by atoms with E-state index < -0.39 is 17.8 Å². The molecule has 0 aromatic rings. The Labute approximate surface area is 176 Å². The van der Waals surface area contributed by atoms with Crippen LogP contribution in [-0.4, -0.2) is 89.7 Å². The van der Waals surface area contributed by atoms with Crippen LogP contribution in [0.3, 0.4) is 0 Å². The number of aliphatic carboxylic acids is 1. The number of nitrogens with zero attached hydrogens (tertiary/aromatic N) is 1. The summed E-state index contributed by atoms with van der Waals surface area (Å²) in [6.07, 6.45) is -1.08. The van der Waals surface area contributed by atoms with Gasteiger partial charge in [0.2, 0.25) is 0 Å². The van der Waals surface area contributed by atoms with E-state index in [2.05, 4.69) is 10.2 Å². The van der Waals surface area contributed by atoms with E-state index in [9.17, 15) is 9.90 Å². The number of halogens is 2. The topological polar surface area (TPSA) is 237 Å². The van der Waals surface area contributed by atoms with Gasteiger partial charge in [-0.3, -0.25) is 4.90 Å². The number of carbonyl (C=O) groups excluding carboxylic acids is 1. The minimum absolute atomic E-state index is 0. The van der Waals surface area contributed by atoms with Gasteiger partial charge in [-0.25, -0.2) is 0 Å². The summed E-state index contributed by atoms with van der Waals surface area (Å²) in [7, 11) is 0. The molecule has 0 unspecified atom stereocenters. The van der Waals surface area contributed by atoms with Gasteiger partial charge < -0.3 is 78.4 Å². The Hall–Kier alpha value is 0.196. The number of aliphatic hydroxyl groups is 2. The predicted molar refractivity (Wildman–Crippen MR) is 84.0 cm³/mol. The number of hydrogen-bond donors (Lipinski definition) is 6. The van der Waals surface area contributed by atoms with Crippen molar-refractivity contribution >= 4 is 5.97 Å². The molecule has 1 rings (SSSR count). The van der Waals surface area contributed by atoms with Crippen molar-refractivity contribution in [2.75, 3.05) is 45.8 Å². The van der Waals surface area contributed by atoms with Gasteiger partial charge in [0, 0.05) is 39.3 Å². The van der Waals surface area contributed by atoms with E-state index in [4.69, 9.17) is 27.4 Å². The first-order valence-electron chi connectivity index (χ1n) is 7.09. The van der Waals surface area contributed by atoms with Crippen molar-refractivity contribution < 1.29 is 72.7 Å². The third kappa shape index (κ3) is 14.3. The Morgan fingerprint density at radius 2 is 1.46 bits per heavy atom. The van der Waals surface area contributed by atoms with E-state index in [-0.39, 0.29) is 59.0 Å². The molecule has 0 aromatic carbocycles. The fourth-order valence-electron chi connectivity index (χ4n) is 2.15. The van der Waals surface area contributed by atoms with Crippen molar-refractivity contribution in [2.24, 2.45) is 17.2 Å². The second-order valence-corrected chi connectivity index (χ2v) is 4.87. The number of carbonyl (C=O) groups is 1. The Balaban J connectivity index is -0.0000000648. The molecule has 0 spiro atoms. The molecule has 11 nitrogen and oxygen atoms in total. The van der Waals surface area contributed by atoms with Crippen molar-refractivity contribution in [1.29, 1.82) is 0 Å². The van der Waals surface area contributed by atoms with Gasteiger partial charge in [-0.05, 0) is 19.4 Å². The summed E-state index contributed by atoms with van der Waals surface area (Å²) in [5.41, 5.74) is 14.5. The number of nitrogens with two attached hydrogens (primary N) is 3. The molecule has 0 aromatic heterocycles. The van der Waals surface area contributed by atoms with E-state index in [0.29, 0.717) is 32.6 Å². The van der Waals surface area contributed by atoms with Crippen LogP contribution < -0.4 is 52.4 Å². The zero-order valence-electron chi connectivity index (χ0n) is 14.4. The molecule has 0 amide bonds. The second-order valence-electron chi connectivity index (χ2n) is 4.87. The van der Waals surface area contributed by atoms with Crippen molar-refractivity contribution in [2.45, 2.75) is 24.7 Å². The minimum atomic E-state index is -1.89. The molecule has 1 atom stereocenters. The van der Waals surface area contributed by atoms with Crippen LogP contribution in [0.25, 0.3) is 0 Å². The van der Waals surface area contributed by atoms with Crippen LogP contribution >= 0.6 is 0 Å². The van der Waals surface area contributed by atoms with Gasteiger partial charge in [-0.2, -0.15) is 0 Å². The van der Waals surface area contributed by atoms with Crippen molar-refractivity contribution in [3.8, 4) is 0 Å². The average Bonchev–Trinajstić information content (AvgIpc) is 2.91. The molecule has 13 N–H and O–H groups in total. The number of aliphatic hydroxyl groups excluding tert-OH is 1. The van der Waals surface area contributed by atoms with Crippen molar-refractivity contribution in [3.63, 3.8) is 0 Å². The van der Waals surface area contributed by atoms with Gasteiger partial charge in [-0.15, -0.1) is 0 Å². The van der Waals surface area contributed by atoms with Gasteiger partial charge in [0.25, 0.3) is 0 Å². The maximum atomic E-state index is 10.5. The zero-order valence-corrected chi connectivity index (χ0v) is 17.0. The molecule has 14 heteroatoms. The SMILES string of the molecule is NCCN(CCN)CCN.O.O.O=C([O-])[C@]1(C(O)O)CCCN1.[Cl-].[Cl-].[Co+3]. The average molecular weight is 472 g/mol. The van der Waals surface area contributed by atoms with E-state index in [1.165, 1.54) is 0 Å². The molecule has 1 heterocycles. The number of carboxylic acids is 1. The molecule has 0 aliphatic carbocycles. The Morgan fingerprint density at radius 1 is 1.08 bits per heavy atom. The smallest absolute Gasteiger partial charge is 1.00 e. The van der Waals surface area contributed by atoms with Gasteiger partial charge in [0.15, 0.2) is 6.29 Å². The van der Waals surface area contributed by atoms with Crippen molar-refractivity contribution in [1.82, 2.24) is 10.2 Å². The van der Waals surface area contributed by atoms with Crippen LogP contribution in [0.2, 0.25) is 0 Å². The molecule has 1 saturated heterocycles. The van der Waals surface area contributed by atoms with Crippen LogP contribution in [0.15, 0.2) is 0 Å². The monoisotopic (exact) mass is 471 g/mol. The van der Waals surface area contributed by atoms with Gasteiger partial charge in [0.1, 0.15) is 5.54 Å². The summed E-state index contributed by atoms with van der Waals surface area (Å²) in [4.78, 5) is 12.6. The number of hydrogen-bond acceptors (Lipinski definition) is 9. The summed E-state index contributed by atoms with van der Waals surface area (Å²) < 4.78 is 0. The molecular formula is C12H32Cl2CoN5O6. The first-order valence-corrected chi connectivity index (χ1v) is 7.09. The fraction of sp³-hybridized carbons (Fsp3) is 0.917. The quantitative estimate of drug-likeness (QED) is 0.184. The van der Waals surface area contributed by atoms with Crippen LogP contribution in [0.1, 0.15) is 12.8 Å². The van der Waals surface area contributed by atoms with Crippen LogP contribution in [0, 0.1) is 0 Å². The normalized spacial score (nSPS) is 17.3. The van der Waals surface area contributed by atoms with Gasteiger partial charge >= 0.3 is 16.8 Å². The van der Waals surface area contributed by atoms with E-state index in [1.807, 2.05) is 0 Å². The summed E-state index contributed by atoms with van der Waals surface area (Å²) in [5, 5.41) is 30.5. The first-order chi connectivity index (χ1) is 9.94. The third-order valence-corrected chi connectivity index (χ3v) is 3.33. The molecule has 0 radical (unpaired) electrons. The molecule has 1 aliphatic rings. The third-order valence-electron chi connectivity index (χ3n) is 3.33. The van der Waals surface area contributed by atoms with Gasteiger partial charge in [-0.1, -0.05) is 0 Å². The maximum absolute atomic E-state index is 10.5. The number of carboxylic acid groups (broad SMARTS) is 1. The van der Waals surface area contributed by atoms with E-state index in [0.717, 1.165) is 19.6 Å². The van der Waals surface area contributed by atoms with Gasteiger partial charge in [0.05, 0.1) is 5.97 Å². The Bertz CT molecular complexity index is 291. The molecule has 0 saturated carbocycles. The Morgan fingerprint density at radius 3 is 1.62 bits per heavy atom. The van der Waals surface area contributed by atoms with E-state index >= 15 is 0 Å². The number of rotatable bonds is 8. The second kappa shape index (κ2) is 23.2. The van der Waals surface area contributed by atoms with E-state index in [1.54, 1.807) is 0 Å². The molecule has 26 heavy (non-hydrogen) atoms. The standard InChI is InChI=1S/C6H18N4.C6H11NO4.2ClH.Co.2H2O/c7-1-4-10(5-2-8)6-3-9;8-4(9)6(5(10)11)2-1-3-7-6;;;;;/h1-9H2;4,7-9H,1-3H2,(H,10,11);2*1H;;2*1H2/q;;;;+3;;/p-3/t;6-;;;;;/m.1...../s1. The Kier molecular flexibility index (Phi) is 36.4. The largest absolute Gasteiger partial charge is 3.00 e. The predicted octanol–water partition coefficient (Wildman–Crippen LogP) is -12.3. The summed E-state index contributed by atoms with van der Waals surface area (Å²) >= 11 is 0. The molecule has 1 fully saturated rings. The number of nitrogens with one attached hydrogen (secondary N) is 1. The van der Waals surface area contributed by atoms with Crippen LogP contribution in [0.4, 0.5) is 0 Å².